The molecule has 0 bridgehead atoms. The van der Waals surface area contributed by atoms with Gasteiger partial charge in [-0.2, -0.15) is 0 Å². The van der Waals surface area contributed by atoms with Gasteiger partial charge in [0.1, 0.15) is 0 Å². The Morgan fingerprint density at radius 1 is 1.38 bits per heavy atom. The van der Waals surface area contributed by atoms with Crippen molar-refractivity contribution in [1.82, 2.24) is 0 Å². The first-order chi connectivity index (χ1) is 6.18. The fourth-order valence-corrected chi connectivity index (χ4v) is 1.63. The van der Waals surface area contributed by atoms with E-state index in [1.165, 1.54) is 11.3 Å². The molecule has 2 atom stereocenters. The third-order valence-corrected chi connectivity index (χ3v) is 2.65. The lowest BCUT2D eigenvalue weighted by Gasteiger charge is -2.13. The molecule has 1 saturated carbocycles. The molecule has 0 spiro atoms. The molecule has 2 N–H and O–H groups in total. The zero-order valence-electron chi connectivity index (χ0n) is 8.20. The van der Waals surface area contributed by atoms with Gasteiger partial charge in [0.05, 0.1) is 0 Å². The van der Waals surface area contributed by atoms with Gasteiger partial charge >= 0.3 is 0 Å². The second kappa shape index (κ2) is 3.04. The fraction of sp³-hybridized carbons (Fsp3) is 0.455. The summed E-state index contributed by atoms with van der Waals surface area (Å²) in [4.78, 5) is 2.12. The molecule has 1 fully saturated rings. The maximum absolute atomic E-state index is 5.81. The molecule has 0 radical (unpaired) electrons. The van der Waals surface area contributed by atoms with Crippen LogP contribution in [0, 0.1) is 0 Å². The second-order valence-electron chi connectivity index (χ2n) is 4.00. The van der Waals surface area contributed by atoms with Crippen LogP contribution in [0.15, 0.2) is 24.3 Å². The minimum absolute atomic E-state index is 0.400. The van der Waals surface area contributed by atoms with E-state index < -0.39 is 0 Å². The van der Waals surface area contributed by atoms with Gasteiger partial charge in [-0.05, 0) is 24.1 Å². The zero-order valence-corrected chi connectivity index (χ0v) is 8.20. The summed E-state index contributed by atoms with van der Waals surface area (Å²) in [5.41, 5.74) is 8.46. The summed E-state index contributed by atoms with van der Waals surface area (Å²) < 4.78 is 0. The summed E-state index contributed by atoms with van der Waals surface area (Å²) in [5, 5.41) is 0. The first-order valence-electron chi connectivity index (χ1n) is 4.71. The van der Waals surface area contributed by atoms with Crippen molar-refractivity contribution < 1.29 is 0 Å². The average molecular weight is 176 g/mol. The molecule has 2 heteroatoms. The smallest absolute Gasteiger partial charge is 0.0363 e. The van der Waals surface area contributed by atoms with Crippen LogP contribution in [-0.4, -0.2) is 20.1 Å². The van der Waals surface area contributed by atoms with Crippen molar-refractivity contribution in [2.24, 2.45) is 5.73 Å². The summed E-state index contributed by atoms with van der Waals surface area (Å²) in [7, 11) is 4.12. The number of hydrogen-bond donors (Lipinski definition) is 1. The number of benzene rings is 1. The third-order valence-electron chi connectivity index (χ3n) is 2.65. The standard InChI is InChI=1S/C11H16N2/c1-13(2)9-5-3-4-8(6-9)10-7-11(10)12/h3-6,10-11H,7,12H2,1-2H3. The lowest BCUT2D eigenvalue weighted by molar-refractivity contribution is 0.987. The van der Waals surface area contributed by atoms with Crippen LogP contribution in [0.4, 0.5) is 5.69 Å². The van der Waals surface area contributed by atoms with Gasteiger partial charge in [-0.15, -0.1) is 0 Å². The van der Waals surface area contributed by atoms with E-state index in [-0.39, 0.29) is 0 Å². The monoisotopic (exact) mass is 176 g/mol. The van der Waals surface area contributed by atoms with Crippen LogP contribution in [0.1, 0.15) is 17.9 Å². The van der Waals surface area contributed by atoms with Gasteiger partial charge in [0.15, 0.2) is 0 Å². The topological polar surface area (TPSA) is 29.3 Å². The molecule has 0 aliphatic heterocycles. The average Bonchev–Trinajstić information content (AvgIpc) is 2.83. The first-order valence-corrected chi connectivity index (χ1v) is 4.71. The molecule has 1 aliphatic rings. The Bertz CT molecular complexity index is 307. The van der Waals surface area contributed by atoms with Gasteiger partial charge in [-0.1, -0.05) is 12.1 Å². The summed E-state index contributed by atoms with van der Waals surface area (Å²) in [6.07, 6.45) is 1.15. The summed E-state index contributed by atoms with van der Waals surface area (Å²) in [6, 6.07) is 9.03. The van der Waals surface area contributed by atoms with Crippen LogP contribution < -0.4 is 10.6 Å². The number of nitrogens with two attached hydrogens (primary N) is 1. The Morgan fingerprint density at radius 3 is 2.62 bits per heavy atom. The number of anilines is 1. The lowest BCUT2D eigenvalue weighted by Crippen LogP contribution is -2.09. The number of hydrogen-bond acceptors (Lipinski definition) is 2. The van der Waals surface area contributed by atoms with Crippen LogP contribution in [0.3, 0.4) is 0 Å². The molecule has 0 aromatic heterocycles. The number of rotatable bonds is 2. The van der Waals surface area contributed by atoms with E-state index in [9.17, 15) is 0 Å². The molecule has 0 saturated heterocycles. The van der Waals surface area contributed by atoms with Crippen molar-refractivity contribution in [1.29, 1.82) is 0 Å². The van der Waals surface area contributed by atoms with Crippen LogP contribution in [0.2, 0.25) is 0 Å². The largest absolute Gasteiger partial charge is 0.378 e. The van der Waals surface area contributed by atoms with Crippen molar-refractivity contribution >= 4 is 5.69 Å². The molecule has 1 aromatic rings. The van der Waals surface area contributed by atoms with Crippen molar-refractivity contribution in [2.75, 3.05) is 19.0 Å². The highest BCUT2D eigenvalue weighted by atomic mass is 15.1. The van der Waals surface area contributed by atoms with Crippen molar-refractivity contribution in [3.63, 3.8) is 0 Å². The SMILES string of the molecule is CN(C)c1cccc(C2CC2N)c1. The molecule has 2 rings (SSSR count). The summed E-state index contributed by atoms with van der Waals surface area (Å²) in [5.74, 6) is 0.611. The first kappa shape index (κ1) is 8.57. The van der Waals surface area contributed by atoms with Gasteiger partial charge in [-0.25, -0.2) is 0 Å². The second-order valence-corrected chi connectivity index (χ2v) is 4.00. The van der Waals surface area contributed by atoms with Gasteiger partial charge in [0, 0.05) is 31.7 Å². The van der Waals surface area contributed by atoms with E-state index >= 15 is 0 Å². The third kappa shape index (κ3) is 1.68. The van der Waals surface area contributed by atoms with Crippen LogP contribution in [0.25, 0.3) is 0 Å². The van der Waals surface area contributed by atoms with E-state index in [0.29, 0.717) is 12.0 Å². The van der Waals surface area contributed by atoms with Crippen molar-refractivity contribution in [3.8, 4) is 0 Å². The predicted octanol–water partition coefficient (Wildman–Crippen LogP) is 1.57. The normalized spacial score (nSPS) is 25.8. The van der Waals surface area contributed by atoms with E-state index in [4.69, 9.17) is 5.73 Å². The van der Waals surface area contributed by atoms with Gasteiger partial charge in [0.2, 0.25) is 0 Å². The quantitative estimate of drug-likeness (QED) is 0.741. The molecule has 0 amide bonds. The van der Waals surface area contributed by atoms with Crippen LogP contribution in [-0.2, 0) is 0 Å². The highest BCUT2D eigenvalue weighted by Crippen LogP contribution is 2.39. The van der Waals surface area contributed by atoms with Gasteiger partial charge in [0.25, 0.3) is 0 Å². The van der Waals surface area contributed by atoms with Gasteiger partial charge in [-0.3, -0.25) is 0 Å². The Balaban J connectivity index is 2.23. The van der Waals surface area contributed by atoms with Crippen LogP contribution >= 0.6 is 0 Å². The Kier molecular flexibility index (Phi) is 2.00. The number of nitrogens with zero attached hydrogens (tertiary/aromatic N) is 1. The molecule has 2 unspecified atom stereocenters. The Labute approximate surface area is 79.4 Å². The molecule has 70 valence electrons. The predicted molar refractivity (Wildman–Crippen MR) is 56.1 cm³/mol. The highest BCUT2D eigenvalue weighted by Gasteiger charge is 2.34. The molecule has 1 aliphatic carbocycles. The minimum Gasteiger partial charge on any atom is -0.378 e. The molecular formula is C11H16N2. The van der Waals surface area contributed by atoms with E-state index in [0.717, 1.165) is 6.42 Å². The highest BCUT2D eigenvalue weighted by molar-refractivity contribution is 5.49. The van der Waals surface area contributed by atoms with E-state index in [2.05, 4.69) is 43.3 Å². The summed E-state index contributed by atoms with van der Waals surface area (Å²) in [6.45, 7) is 0. The van der Waals surface area contributed by atoms with Crippen LogP contribution in [0.5, 0.6) is 0 Å². The lowest BCUT2D eigenvalue weighted by atomic mass is 10.1. The molecule has 0 heterocycles. The van der Waals surface area contributed by atoms with Gasteiger partial charge < -0.3 is 10.6 Å². The van der Waals surface area contributed by atoms with E-state index in [1.54, 1.807) is 0 Å². The molecule has 1 aromatic carbocycles. The Hall–Kier alpha value is -1.02. The Morgan fingerprint density at radius 2 is 2.08 bits per heavy atom. The van der Waals surface area contributed by atoms with Crippen molar-refractivity contribution in [3.05, 3.63) is 29.8 Å². The molecular weight excluding hydrogens is 160 g/mol. The molecule has 2 nitrogen and oxygen atoms in total. The summed E-state index contributed by atoms with van der Waals surface area (Å²) >= 11 is 0. The maximum atomic E-state index is 5.81. The van der Waals surface area contributed by atoms with E-state index in [1.807, 2.05) is 0 Å². The maximum Gasteiger partial charge on any atom is 0.0363 e. The fourth-order valence-electron chi connectivity index (χ4n) is 1.63. The molecule has 13 heavy (non-hydrogen) atoms. The zero-order chi connectivity index (χ0) is 9.42. The minimum atomic E-state index is 0.400. The van der Waals surface area contributed by atoms with Crippen molar-refractivity contribution in [2.45, 2.75) is 18.4 Å².